The summed E-state index contributed by atoms with van der Waals surface area (Å²) in [6, 6.07) is 7.51. The number of ether oxygens (including phenoxy) is 1. The van der Waals surface area contributed by atoms with E-state index in [-0.39, 0.29) is 24.0 Å². The second kappa shape index (κ2) is 6.12. The van der Waals surface area contributed by atoms with Crippen molar-refractivity contribution in [2.24, 2.45) is 5.41 Å². The van der Waals surface area contributed by atoms with Gasteiger partial charge in [0.15, 0.2) is 0 Å². The van der Waals surface area contributed by atoms with Gasteiger partial charge in [-0.05, 0) is 18.6 Å². The fraction of sp³-hybridized carbons (Fsp3) is 0.533. The van der Waals surface area contributed by atoms with E-state index in [0.717, 1.165) is 6.42 Å². The van der Waals surface area contributed by atoms with E-state index in [2.05, 4.69) is 24.5 Å². The minimum absolute atomic E-state index is 0.0550. The first-order valence-electron chi connectivity index (χ1n) is 6.75. The SMILES string of the molecule is COC1CC(NCC(=O)Nc2ccccc2Cl)C1(C)C. The van der Waals surface area contributed by atoms with Gasteiger partial charge in [-0.3, -0.25) is 4.79 Å². The molecule has 2 rings (SSSR count). The third-order valence-corrected chi connectivity index (χ3v) is 4.45. The number of hydrogen-bond donors (Lipinski definition) is 2. The van der Waals surface area contributed by atoms with Gasteiger partial charge in [0.1, 0.15) is 0 Å². The van der Waals surface area contributed by atoms with Crippen LogP contribution in [0.3, 0.4) is 0 Å². The number of methoxy groups -OCH3 is 1. The molecule has 2 N–H and O–H groups in total. The van der Waals surface area contributed by atoms with Crippen LogP contribution in [0.25, 0.3) is 0 Å². The Bertz CT molecular complexity index is 491. The molecule has 1 aromatic carbocycles. The lowest BCUT2D eigenvalue weighted by Gasteiger charge is -2.51. The molecule has 4 nitrogen and oxygen atoms in total. The molecule has 20 heavy (non-hydrogen) atoms. The van der Waals surface area contributed by atoms with E-state index < -0.39 is 0 Å². The number of para-hydroxylation sites is 1. The van der Waals surface area contributed by atoms with Gasteiger partial charge >= 0.3 is 0 Å². The Balaban J connectivity index is 1.81. The standard InChI is InChI=1S/C15H21ClN2O2/c1-15(2)12(8-13(15)20-3)17-9-14(19)18-11-7-5-4-6-10(11)16/h4-7,12-13,17H,8-9H2,1-3H3,(H,18,19). The highest BCUT2D eigenvalue weighted by Gasteiger charge is 2.48. The van der Waals surface area contributed by atoms with E-state index >= 15 is 0 Å². The van der Waals surface area contributed by atoms with Crippen LogP contribution >= 0.6 is 11.6 Å². The quantitative estimate of drug-likeness (QED) is 0.878. The minimum Gasteiger partial charge on any atom is -0.381 e. The Morgan fingerprint density at radius 1 is 1.45 bits per heavy atom. The molecule has 0 saturated heterocycles. The lowest BCUT2D eigenvalue weighted by Crippen LogP contribution is -2.61. The molecular weight excluding hydrogens is 276 g/mol. The molecule has 0 radical (unpaired) electrons. The van der Waals surface area contributed by atoms with E-state index in [1.165, 1.54) is 0 Å². The summed E-state index contributed by atoms with van der Waals surface area (Å²) in [6.07, 6.45) is 1.19. The number of halogens is 1. The van der Waals surface area contributed by atoms with Crippen molar-refractivity contribution in [3.63, 3.8) is 0 Å². The van der Waals surface area contributed by atoms with Crippen molar-refractivity contribution in [2.75, 3.05) is 19.0 Å². The number of carbonyl (C=O) groups is 1. The zero-order valence-corrected chi connectivity index (χ0v) is 12.8. The zero-order chi connectivity index (χ0) is 14.8. The van der Waals surface area contributed by atoms with Crippen molar-refractivity contribution in [1.29, 1.82) is 0 Å². The molecule has 2 unspecified atom stereocenters. The van der Waals surface area contributed by atoms with E-state index in [0.29, 0.717) is 16.8 Å². The zero-order valence-electron chi connectivity index (χ0n) is 12.1. The van der Waals surface area contributed by atoms with Crippen LogP contribution in [-0.2, 0) is 9.53 Å². The average molecular weight is 297 g/mol. The van der Waals surface area contributed by atoms with Gasteiger partial charge in [-0.25, -0.2) is 0 Å². The molecule has 0 heterocycles. The number of amides is 1. The van der Waals surface area contributed by atoms with Crippen LogP contribution in [0.15, 0.2) is 24.3 Å². The van der Waals surface area contributed by atoms with Crippen molar-refractivity contribution < 1.29 is 9.53 Å². The van der Waals surface area contributed by atoms with Gasteiger partial charge in [-0.15, -0.1) is 0 Å². The Kier molecular flexibility index (Phi) is 4.68. The first-order chi connectivity index (χ1) is 9.45. The molecule has 1 aliphatic carbocycles. The Morgan fingerprint density at radius 2 is 2.15 bits per heavy atom. The summed E-state index contributed by atoms with van der Waals surface area (Å²) in [5, 5.41) is 6.63. The molecule has 0 bridgehead atoms. The molecule has 1 fully saturated rings. The third kappa shape index (κ3) is 3.14. The lowest BCUT2D eigenvalue weighted by atomic mass is 9.64. The summed E-state index contributed by atoms with van der Waals surface area (Å²) in [7, 11) is 1.73. The first kappa shape index (κ1) is 15.3. The van der Waals surface area contributed by atoms with E-state index in [9.17, 15) is 4.79 Å². The monoisotopic (exact) mass is 296 g/mol. The number of benzene rings is 1. The fourth-order valence-corrected chi connectivity index (χ4v) is 2.79. The summed E-state index contributed by atoms with van der Waals surface area (Å²) in [4.78, 5) is 11.9. The molecule has 2 atom stereocenters. The molecule has 1 amide bonds. The van der Waals surface area contributed by atoms with Crippen LogP contribution in [0.1, 0.15) is 20.3 Å². The average Bonchev–Trinajstić information content (AvgIpc) is 2.40. The van der Waals surface area contributed by atoms with Crippen LogP contribution in [0.4, 0.5) is 5.69 Å². The van der Waals surface area contributed by atoms with Crippen LogP contribution in [0.5, 0.6) is 0 Å². The molecule has 110 valence electrons. The van der Waals surface area contributed by atoms with Gasteiger partial charge in [0.05, 0.1) is 23.4 Å². The maximum absolute atomic E-state index is 11.9. The predicted octanol–water partition coefficient (Wildman–Crippen LogP) is 2.68. The van der Waals surface area contributed by atoms with Crippen LogP contribution in [0.2, 0.25) is 5.02 Å². The molecular formula is C15H21ClN2O2. The van der Waals surface area contributed by atoms with Crippen LogP contribution in [-0.4, -0.2) is 31.7 Å². The van der Waals surface area contributed by atoms with Crippen LogP contribution < -0.4 is 10.6 Å². The number of rotatable bonds is 5. The van der Waals surface area contributed by atoms with Gasteiger partial charge in [0.2, 0.25) is 5.91 Å². The second-order valence-electron chi connectivity index (χ2n) is 5.74. The van der Waals surface area contributed by atoms with Gasteiger partial charge in [-0.1, -0.05) is 37.6 Å². The Morgan fingerprint density at radius 3 is 2.75 bits per heavy atom. The fourth-order valence-electron chi connectivity index (χ4n) is 2.60. The van der Waals surface area contributed by atoms with E-state index in [4.69, 9.17) is 16.3 Å². The van der Waals surface area contributed by atoms with Crippen molar-refractivity contribution >= 4 is 23.2 Å². The summed E-state index contributed by atoms with van der Waals surface area (Å²) in [6.45, 7) is 4.57. The molecule has 1 saturated carbocycles. The number of hydrogen-bond acceptors (Lipinski definition) is 3. The van der Waals surface area contributed by atoms with Crippen molar-refractivity contribution in [2.45, 2.75) is 32.4 Å². The highest BCUT2D eigenvalue weighted by atomic mass is 35.5. The van der Waals surface area contributed by atoms with E-state index in [1.807, 2.05) is 12.1 Å². The summed E-state index contributed by atoms with van der Waals surface area (Å²) < 4.78 is 5.39. The summed E-state index contributed by atoms with van der Waals surface area (Å²) in [5.74, 6) is -0.0882. The molecule has 5 heteroatoms. The topological polar surface area (TPSA) is 50.4 Å². The number of carbonyl (C=O) groups excluding carboxylic acids is 1. The molecule has 0 spiro atoms. The van der Waals surface area contributed by atoms with Crippen molar-refractivity contribution in [1.82, 2.24) is 5.32 Å². The molecule has 1 aromatic rings. The second-order valence-corrected chi connectivity index (χ2v) is 6.15. The highest BCUT2D eigenvalue weighted by molar-refractivity contribution is 6.33. The number of nitrogens with one attached hydrogen (secondary N) is 2. The summed E-state index contributed by atoms with van der Waals surface area (Å²) in [5.41, 5.74) is 0.697. The smallest absolute Gasteiger partial charge is 0.238 e. The normalized spacial score (nSPS) is 24.0. The number of anilines is 1. The van der Waals surface area contributed by atoms with E-state index in [1.54, 1.807) is 19.2 Å². The third-order valence-electron chi connectivity index (χ3n) is 4.12. The van der Waals surface area contributed by atoms with Gasteiger partial charge in [0.25, 0.3) is 0 Å². The van der Waals surface area contributed by atoms with Crippen molar-refractivity contribution in [3.8, 4) is 0 Å². The maximum atomic E-state index is 11.9. The van der Waals surface area contributed by atoms with Gasteiger partial charge in [-0.2, -0.15) is 0 Å². The largest absolute Gasteiger partial charge is 0.381 e. The molecule has 1 aliphatic rings. The van der Waals surface area contributed by atoms with Gasteiger partial charge in [0, 0.05) is 18.6 Å². The molecule has 0 aliphatic heterocycles. The predicted molar refractivity (Wildman–Crippen MR) is 81.1 cm³/mol. The minimum atomic E-state index is -0.0882. The summed E-state index contributed by atoms with van der Waals surface area (Å²) >= 11 is 6.00. The van der Waals surface area contributed by atoms with Gasteiger partial charge < -0.3 is 15.4 Å². The Hall–Kier alpha value is -1.10. The first-order valence-corrected chi connectivity index (χ1v) is 7.13. The highest BCUT2D eigenvalue weighted by Crippen LogP contribution is 2.42. The van der Waals surface area contributed by atoms with Crippen molar-refractivity contribution in [3.05, 3.63) is 29.3 Å². The molecule has 0 aromatic heterocycles. The van der Waals surface area contributed by atoms with Crippen LogP contribution in [0, 0.1) is 5.41 Å². The maximum Gasteiger partial charge on any atom is 0.238 e. The lowest BCUT2D eigenvalue weighted by molar-refractivity contribution is -0.119. The Labute approximate surface area is 124 Å².